The topological polar surface area (TPSA) is 51.2 Å². The van der Waals surface area contributed by atoms with Crippen LogP contribution in [0.5, 0.6) is 0 Å². The average Bonchev–Trinajstić information content (AvgIpc) is 2.46. The molecule has 2 aliphatic rings. The van der Waals surface area contributed by atoms with Crippen molar-refractivity contribution in [1.82, 2.24) is 0 Å². The molecule has 0 aliphatic heterocycles. The molecule has 20 heavy (non-hydrogen) atoms. The number of carbonyl (C=O) groups excluding carboxylic acids is 1. The van der Waals surface area contributed by atoms with Gasteiger partial charge in [-0.3, -0.25) is 4.79 Å². The lowest BCUT2D eigenvalue weighted by molar-refractivity contribution is -0.125. The molecule has 0 aromatic rings. The van der Waals surface area contributed by atoms with Crippen LogP contribution in [0.1, 0.15) is 64.7 Å². The van der Waals surface area contributed by atoms with Crippen molar-refractivity contribution in [3.63, 3.8) is 0 Å². The van der Waals surface area contributed by atoms with E-state index in [1.807, 2.05) is 0 Å². The Morgan fingerprint density at radius 2 is 1.75 bits per heavy atom. The number of Topliss-reactive ketones (excluding diaryl/α,β-unsaturated/α-hetero) is 1. The molecule has 0 amide bonds. The van der Waals surface area contributed by atoms with E-state index in [1.165, 1.54) is 32.1 Å². The summed E-state index contributed by atoms with van der Waals surface area (Å²) in [6.07, 6.45) is 9.67. The number of ketones is 1. The van der Waals surface area contributed by atoms with Gasteiger partial charge in [0.1, 0.15) is 15.6 Å². The summed E-state index contributed by atoms with van der Waals surface area (Å²) in [5.41, 5.74) is 0. The zero-order valence-electron chi connectivity index (χ0n) is 12.6. The fraction of sp³-hybridized carbons (Fsp3) is 0.938. The molecule has 3 nitrogen and oxygen atoms in total. The maximum atomic E-state index is 12.3. The molecule has 2 rings (SSSR count). The lowest BCUT2D eigenvalue weighted by Crippen LogP contribution is -2.31. The van der Waals surface area contributed by atoms with Gasteiger partial charge in [0.2, 0.25) is 0 Å². The smallest absolute Gasteiger partial charge is 0.150 e. The van der Waals surface area contributed by atoms with Crippen LogP contribution >= 0.6 is 0 Å². The number of sulfone groups is 1. The molecule has 4 heteroatoms. The van der Waals surface area contributed by atoms with Crippen molar-refractivity contribution in [2.45, 2.75) is 64.7 Å². The fourth-order valence-electron chi connectivity index (χ4n) is 3.98. The molecule has 0 spiro atoms. The zero-order valence-corrected chi connectivity index (χ0v) is 13.5. The first-order valence-corrected chi connectivity index (χ1v) is 10.1. The minimum Gasteiger partial charge on any atom is -0.299 e. The van der Waals surface area contributed by atoms with E-state index in [1.54, 1.807) is 6.92 Å². The summed E-state index contributed by atoms with van der Waals surface area (Å²) in [4.78, 5) is 12.3. The third kappa shape index (κ3) is 4.31. The van der Waals surface area contributed by atoms with E-state index in [9.17, 15) is 13.2 Å². The second kappa shape index (κ2) is 7.06. The van der Waals surface area contributed by atoms with E-state index in [2.05, 4.69) is 0 Å². The first-order valence-electron chi connectivity index (χ1n) is 8.25. The third-order valence-electron chi connectivity index (χ3n) is 5.31. The summed E-state index contributed by atoms with van der Waals surface area (Å²) < 4.78 is 22.9. The van der Waals surface area contributed by atoms with Crippen LogP contribution in [-0.2, 0) is 14.6 Å². The maximum Gasteiger partial charge on any atom is 0.150 e. The molecule has 0 aromatic carbocycles. The summed E-state index contributed by atoms with van der Waals surface area (Å²) >= 11 is 0. The van der Waals surface area contributed by atoms with Crippen LogP contribution in [0.15, 0.2) is 0 Å². The largest absolute Gasteiger partial charge is 0.299 e. The molecule has 2 saturated carbocycles. The first kappa shape index (κ1) is 16.0. The molecule has 0 heterocycles. The van der Waals surface area contributed by atoms with E-state index < -0.39 is 9.84 Å². The van der Waals surface area contributed by atoms with Gasteiger partial charge in [0, 0.05) is 18.1 Å². The average molecular weight is 300 g/mol. The highest BCUT2D eigenvalue weighted by atomic mass is 32.2. The number of rotatable bonds is 6. The zero-order chi connectivity index (χ0) is 14.6. The monoisotopic (exact) mass is 300 g/mol. The van der Waals surface area contributed by atoms with Crippen molar-refractivity contribution in [3.05, 3.63) is 0 Å². The molecule has 0 saturated heterocycles. The van der Waals surface area contributed by atoms with E-state index >= 15 is 0 Å². The van der Waals surface area contributed by atoms with Crippen molar-refractivity contribution in [1.29, 1.82) is 0 Å². The molecule has 2 fully saturated rings. The third-order valence-corrected chi connectivity index (χ3v) is 7.10. The van der Waals surface area contributed by atoms with Crippen LogP contribution < -0.4 is 0 Å². The van der Waals surface area contributed by atoms with Crippen molar-refractivity contribution in [3.8, 4) is 0 Å². The highest BCUT2D eigenvalue weighted by Crippen LogP contribution is 2.43. The highest BCUT2D eigenvalue weighted by molar-refractivity contribution is 7.91. The van der Waals surface area contributed by atoms with Gasteiger partial charge in [-0.25, -0.2) is 8.42 Å². The summed E-state index contributed by atoms with van der Waals surface area (Å²) in [5.74, 6) is 2.54. The fourth-order valence-corrected chi connectivity index (χ4v) is 4.85. The van der Waals surface area contributed by atoms with E-state index in [-0.39, 0.29) is 17.4 Å². The Kier molecular flexibility index (Phi) is 5.65. The van der Waals surface area contributed by atoms with Gasteiger partial charge in [-0.1, -0.05) is 32.6 Å². The van der Waals surface area contributed by atoms with Gasteiger partial charge in [0.25, 0.3) is 0 Å². The molecular formula is C16H28O3S. The molecule has 0 N–H and O–H groups in total. The number of hydrogen-bond acceptors (Lipinski definition) is 3. The van der Waals surface area contributed by atoms with E-state index in [0.29, 0.717) is 18.6 Å². The van der Waals surface area contributed by atoms with Crippen molar-refractivity contribution < 1.29 is 13.2 Å². The SMILES string of the molecule is CCS(=O)(=O)CCCC(=O)C1CCC2CCCCC2C1. The molecule has 3 unspecified atom stereocenters. The first-order chi connectivity index (χ1) is 9.52. The maximum absolute atomic E-state index is 12.3. The van der Waals surface area contributed by atoms with Gasteiger partial charge in [-0.2, -0.15) is 0 Å². The molecule has 0 bridgehead atoms. The standard InChI is InChI=1S/C16H28O3S/c1-2-20(18,19)11-5-8-16(17)15-10-9-13-6-3-4-7-14(13)12-15/h13-15H,2-12H2,1H3. The summed E-state index contributed by atoms with van der Waals surface area (Å²) in [5, 5.41) is 0. The van der Waals surface area contributed by atoms with Crippen LogP contribution in [0.4, 0.5) is 0 Å². The summed E-state index contributed by atoms with van der Waals surface area (Å²) in [7, 11) is -2.92. The van der Waals surface area contributed by atoms with Gasteiger partial charge in [0.15, 0.2) is 0 Å². The van der Waals surface area contributed by atoms with Crippen LogP contribution in [0.3, 0.4) is 0 Å². The Balaban J connectivity index is 1.76. The van der Waals surface area contributed by atoms with Gasteiger partial charge < -0.3 is 0 Å². The van der Waals surface area contributed by atoms with E-state index in [4.69, 9.17) is 0 Å². The molecule has 2 aliphatic carbocycles. The summed E-state index contributed by atoms with van der Waals surface area (Å²) in [6.45, 7) is 1.67. The van der Waals surface area contributed by atoms with Crippen LogP contribution in [0.2, 0.25) is 0 Å². The molecule has 0 aromatic heterocycles. The highest BCUT2D eigenvalue weighted by Gasteiger charge is 2.34. The summed E-state index contributed by atoms with van der Waals surface area (Å²) in [6, 6.07) is 0. The lowest BCUT2D eigenvalue weighted by atomic mass is 9.66. The molecule has 3 atom stereocenters. The second-order valence-corrected chi connectivity index (χ2v) is 9.09. The van der Waals surface area contributed by atoms with Crippen LogP contribution in [-0.4, -0.2) is 25.7 Å². The van der Waals surface area contributed by atoms with Gasteiger partial charge in [0.05, 0.1) is 5.75 Å². The van der Waals surface area contributed by atoms with Crippen molar-refractivity contribution in [2.75, 3.05) is 11.5 Å². The minimum atomic E-state index is -2.92. The Hall–Kier alpha value is -0.380. The molecule has 116 valence electrons. The number of fused-ring (bicyclic) bond motifs is 1. The Morgan fingerprint density at radius 1 is 1.05 bits per heavy atom. The minimum absolute atomic E-state index is 0.175. The molecular weight excluding hydrogens is 272 g/mol. The molecule has 0 radical (unpaired) electrons. The predicted octanol–water partition coefficient (Wildman–Crippen LogP) is 3.38. The second-order valence-electron chi connectivity index (χ2n) is 6.62. The lowest BCUT2D eigenvalue weighted by Gasteiger charge is -2.38. The van der Waals surface area contributed by atoms with Crippen LogP contribution in [0.25, 0.3) is 0 Å². The Morgan fingerprint density at radius 3 is 2.45 bits per heavy atom. The van der Waals surface area contributed by atoms with Crippen LogP contribution in [0, 0.1) is 17.8 Å². The number of carbonyl (C=O) groups is 1. The van der Waals surface area contributed by atoms with Gasteiger partial charge >= 0.3 is 0 Å². The van der Waals surface area contributed by atoms with Crippen molar-refractivity contribution >= 4 is 15.6 Å². The quantitative estimate of drug-likeness (QED) is 0.755. The Bertz CT molecular complexity index is 427. The number of hydrogen-bond donors (Lipinski definition) is 0. The van der Waals surface area contributed by atoms with E-state index in [0.717, 1.165) is 24.7 Å². The Labute approximate surface area is 123 Å². The predicted molar refractivity (Wildman–Crippen MR) is 81.4 cm³/mol. The van der Waals surface area contributed by atoms with Gasteiger partial charge in [-0.15, -0.1) is 0 Å². The van der Waals surface area contributed by atoms with Gasteiger partial charge in [-0.05, 0) is 37.5 Å². The normalized spacial score (nSPS) is 30.8. The van der Waals surface area contributed by atoms with Crippen molar-refractivity contribution in [2.24, 2.45) is 17.8 Å².